The largest absolute Gasteiger partial charge is 0.495 e. The normalized spacial score (nSPS) is 10.5. The highest BCUT2D eigenvalue weighted by Gasteiger charge is 2.17. The van der Waals surface area contributed by atoms with Crippen molar-refractivity contribution in [2.24, 2.45) is 0 Å². The molecule has 1 N–H and O–H groups in total. The number of rotatable bonds is 10. The molecule has 4 rings (SSSR count). The first kappa shape index (κ1) is 23.2. The SMILES string of the molecule is COc1ccccc1NC(=O)CSc1nnc(COc2ccccc2OC)n1-c1ccccc1. The van der Waals surface area contributed by atoms with Gasteiger partial charge in [-0.15, -0.1) is 10.2 Å². The number of amides is 1. The number of ether oxygens (including phenoxy) is 3. The molecule has 1 aromatic heterocycles. The van der Waals surface area contributed by atoms with Crippen molar-refractivity contribution in [3.05, 3.63) is 84.7 Å². The number of carbonyl (C=O) groups is 1. The molecule has 0 radical (unpaired) electrons. The summed E-state index contributed by atoms with van der Waals surface area (Å²) >= 11 is 1.29. The second-order valence-corrected chi connectivity index (χ2v) is 7.99. The molecule has 9 heteroatoms. The second kappa shape index (κ2) is 11.2. The number of nitrogens with one attached hydrogen (secondary N) is 1. The molecule has 174 valence electrons. The van der Waals surface area contributed by atoms with E-state index >= 15 is 0 Å². The molecule has 4 aromatic rings. The Kier molecular flexibility index (Phi) is 7.67. The number of anilines is 1. The van der Waals surface area contributed by atoms with E-state index in [1.165, 1.54) is 11.8 Å². The van der Waals surface area contributed by atoms with Gasteiger partial charge in [0.1, 0.15) is 12.4 Å². The third-order valence-electron chi connectivity index (χ3n) is 4.85. The Bertz CT molecular complexity index is 1250. The highest BCUT2D eigenvalue weighted by molar-refractivity contribution is 7.99. The Labute approximate surface area is 201 Å². The van der Waals surface area contributed by atoms with Crippen LogP contribution in [0.1, 0.15) is 5.82 Å². The maximum atomic E-state index is 12.6. The van der Waals surface area contributed by atoms with Crippen molar-refractivity contribution < 1.29 is 19.0 Å². The number of hydrogen-bond acceptors (Lipinski definition) is 7. The first-order valence-corrected chi connectivity index (χ1v) is 11.5. The van der Waals surface area contributed by atoms with Crippen molar-refractivity contribution >= 4 is 23.4 Å². The van der Waals surface area contributed by atoms with Crippen LogP contribution in [0.25, 0.3) is 5.69 Å². The van der Waals surface area contributed by atoms with Crippen LogP contribution in [0.4, 0.5) is 5.69 Å². The number of nitrogens with zero attached hydrogens (tertiary/aromatic N) is 3. The molecule has 0 saturated heterocycles. The van der Waals surface area contributed by atoms with E-state index in [9.17, 15) is 4.79 Å². The van der Waals surface area contributed by atoms with Gasteiger partial charge in [0.05, 0.1) is 25.7 Å². The van der Waals surface area contributed by atoms with Gasteiger partial charge in [0, 0.05) is 5.69 Å². The van der Waals surface area contributed by atoms with Crippen molar-refractivity contribution in [2.75, 3.05) is 25.3 Å². The molecule has 0 spiro atoms. The topological polar surface area (TPSA) is 87.5 Å². The predicted molar refractivity (Wildman–Crippen MR) is 131 cm³/mol. The number of methoxy groups -OCH3 is 2. The molecule has 0 fully saturated rings. The van der Waals surface area contributed by atoms with Crippen molar-refractivity contribution in [3.8, 4) is 22.9 Å². The van der Waals surface area contributed by atoms with Gasteiger partial charge in [-0.1, -0.05) is 54.2 Å². The Morgan fingerprint density at radius 1 is 0.853 bits per heavy atom. The highest BCUT2D eigenvalue weighted by atomic mass is 32.2. The number of aromatic nitrogens is 3. The van der Waals surface area contributed by atoms with Gasteiger partial charge >= 0.3 is 0 Å². The summed E-state index contributed by atoms with van der Waals surface area (Å²) in [6, 6.07) is 24.4. The summed E-state index contributed by atoms with van der Waals surface area (Å²) in [6.45, 7) is 0.177. The maximum Gasteiger partial charge on any atom is 0.234 e. The minimum Gasteiger partial charge on any atom is -0.495 e. The van der Waals surface area contributed by atoms with Gasteiger partial charge in [-0.3, -0.25) is 9.36 Å². The van der Waals surface area contributed by atoms with Gasteiger partial charge in [-0.05, 0) is 36.4 Å². The Balaban J connectivity index is 1.51. The summed E-state index contributed by atoms with van der Waals surface area (Å²) in [5.41, 5.74) is 1.49. The number of carbonyl (C=O) groups excluding carboxylic acids is 1. The van der Waals surface area contributed by atoms with E-state index in [0.717, 1.165) is 5.69 Å². The van der Waals surface area contributed by atoms with Crippen LogP contribution in [0.15, 0.2) is 84.0 Å². The molecule has 1 amide bonds. The molecule has 0 atom stereocenters. The van der Waals surface area contributed by atoms with Gasteiger partial charge < -0.3 is 19.5 Å². The standard InChI is InChI=1S/C25H24N4O4S/c1-31-20-13-7-6-12-19(20)26-24(30)17-34-25-28-27-23(29(25)18-10-4-3-5-11-18)16-33-22-15-9-8-14-21(22)32-2/h3-15H,16-17H2,1-2H3,(H,26,30). The van der Waals surface area contributed by atoms with Gasteiger partial charge in [0.15, 0.2) is 22.5 Å². The van der Waals surface area contributed by atoms with Crippen LogP contribution in [0.2, 0.25) is 0 Å². The Morgan fingerprint density at radius 2 is 1.50 bits per heavy atom. The Hall–Kier alpha value is -3.98. The molecular weight excluding hydrogens is 452 g/mol. The maximum absolute atomic E-state index is 12.6. The molecule has 0 bridgehead atoms. The zero-order valence-electron chi connectivity index (χ0n) is 18.8. The second-order valence-electron chi connectivity index (χ2n) is 7.05. The molecule has 0 aliphatic rings. The lowest BCUT2D eigenvalue weighted by molar-refractivity contribution is -0.113. The molecule has 0 unspecified atom stereocenters. The van der Waals surface area contributed by atoms with Crippen LogP contribution >= 0.6 is 11.8 Å². The van der Waals surface area contributed by atoms with Gasteiger partial charge in [0.25, 0.3) is 0 Å². The van der Waals surface area contributed by atoms with Crippen LogP contribution in [0, 0.1) is 0 Å². The Morgan fingerprint density at radius 3 is 2.24 bits per heavy atom. The van der Waals surface area contributed by atoms with Gasteiger partial charge in [-0.25, -0.2) is 0 Å². The summed E-state index contributed by atoms with van der Waals surface area (Å²) < 4.78 is 18.5. The highest BCUT2D eigenvalue weighted by Crippen LogP contribution is 2.28. The van der Waals surface area contributed by atoms with Crippen LogP contribution in [0.3, 0.4) is 0 Å². The van der Waals surface area contributed by atoms with Crippen LogP contribution in [0.5, 0.6) is 17.2 Å². The van der Waals surface area contributed by atoms with E-state index in [1.807, 2.05) is 71.3 Å². The summed E-state index contributed by atoms with van der Waals surface area (Å²) in [6.07, 6.45) is 0. The quantitative estimate of drug-likeness (QED) is 0.335. The number of hydrogen-bond donors (Lipinski definition) is 1. The predicted octanol–water partition coefficient (Wildman–Crippen LogP) is 4.59. The monoisotopic (exact) mass is 476 g/mol. The lowest BCUT2D eigenvalue weighted by Gasteiger charge is -2.13. The van der Waals surface area contributed by atoms with Crippen LogP contribution < -0.4 is 19.5 Å². The number of para-hydroxylation sites is 5. The number of benzene rings is 3. The lowest BCUT2D eigenvalue weighted by Crippen LogP contribution is -2.15. The third-order valence-corrected chi connectivity index (χ3v) is 5.78. The van der Waals surface area contributed by atoms with Gasteiger partial charge in [-0.2, -0.15) is 0 Å². The zero-order chi connectivity index (χ0) is 23.8. The van der Waals surface area contributed by atoms with Gasteiger partial charge in [0.2, 0.25) is 5.91 Å². The first-order chi connectivity index (χ1) is 16.7. The van der Waals surface area contributed by atoms with E-state index in [2.05, 4.69) is 15.5 Å². The zero-order valence-corrected chi connectivity index (χ0v) is 19.6. The minimum atomic E-state index is -0.177. The fourth-order valence-corrected chi connectivity index (χ4v) is 4.04. The molecular formula is C25H24N4O4S. The van der Waals surface area contributed by atoms with E-state index in [0.29, 0.717) is 33.9 Å². The average Bonchev–Trinajstić information content (AvgIpc) is 3.30. The lowest BCUT2D eigenvalue weighted by atomic mass is 10.3. The molecule has 1 heterocycles. The summed E-state index contributed by atoms with van der Waals surface area (Å²) in [4.78, 5) is 12.6. The molecule has 0 saturated carbocycles. The average molecular weight is 477 g/mol. The molecule has 3 aromatic carbocycles. The van der Waals surface area contributed by atoms with Crippen molar-refractivity contribution in [2.45, 2.75) is 11.8 Å². The summed E-state index contributed by atoms with van der Waals surface area (Å²) in [5, 5.41) is 12.1. The van der Waals surface area contributed by atoms with E-state index in [4.69, 9.17) is 14.2 Å². The summed E-state index contributed by atoms with van der Waals surface area (Å²) in [5.74, 6) is 2.42. The third kappa shape index (κ3) is 5.49. The summed E-state index contributed by atoms with van der Waals surface area (Å²) in [7, 11) is 3.16. The fraction of sp³-hybridized carbons (Fsp3) is 0.160. The smallest absolute Gasteiger partial charge is 0.234 e. The fourth-order valence-electron chi connectivity index (χ4n) is 3.27. The van der Waals surface area contributed by atoms with E-state index in [1.54, 1.807) is 26.4 Å². The van der Waals surface area contributed by atoms with Crippen LogP contribution in [-0.2, 0) is 11.4 Å². The molecule has 34 heavy (non-hydrogen) atoms. The van der Waals surface area contributed by atoms with Crippen molar-refractivity contribution in [1.29, 1.82) is 0 Å². The molecule has 0 aliphatic carbocycles. The number of thioether (sulfide) groups is 1. The molecule has 0 aliphatic heterocycles. The minimum absolute atomic E-state index is 0.149. The van der Waals surface area contributed by atoms with Crippen LogP contribution in [-0.4, -0.2) is 40.6 Å². The van der Waals surface area contributed by atoms with E-state index < -0.39 is 0 Å². The molecule has 8 nitrogen and oxygen atoms in total. The van der Waals surface area contributed by atoms with E-state index in [-0.39, 0.29) is 18.3 Å². The van der Waals surface area contributed by atoms with Crippen molar-refractivity contribution in [1.82, 2.24) is 14.8 Å². The first-order valence-electron chi connectivity index (χ1n) is 10.5. The van der Waals surface area contributed by atoms with Crippen molar-refractivity contribution in [3.63, 3.8) is 0 Å².